The Kier molecular flexibility index (Phi) is 5.59. The van der Waals surface area contributed by atoms with Crippen LogP contribution in [0, 0.1) is 5.92 Å². The van der Waals surface area contributed by atoms with Gasteiger partial charge in [0.25, 0.3) is 5.91 Å². The highest BCUT2D eigenvalue weighted by molar-refractivity contribution is 7.15. The van der Waals surface area contributed by atoms with Crippen molar-refractivity contribution >= 4 is 39.9 Å². The molecule has 1 atom stereocenters. The monoisotopic (exact) mass is 466 g/mol. The molecule has 2 aromatic heterocycles. The first-order chi connectivity index (χ1) is 16.0. The Morgan fingerprint density at radius 3 is 2.79 bits per heavy atom. The van der Waals surface area contributed by atoms with Crippen LogP contribution in [0.4, 0.5) is 10.8 Å². The number of benzene rings is 1. The number of carbonyl (C=O) groups is 3. The number of fused-ring (bicyclic) bond motifs is 1. The van der Waals surface area contributed by atoms with E-state index < -0.39 is 0 Å². The molecular weight excluding hydrogens is 444 g/mol. The summed E-state index contributed by atoms with van der Waals surface area (Å²) in [6.45, 7) is 1.32. The first-order valence-corrected chi connectivity index (χ1v) is 11.4. The predicted molar refractivity (Wildman–Crippen MR) is 121 cm³/mol. The van der Waals surface area contributed by atoms with Gasteiger partial charge in [0.1, 0.15) is 5.75 Å². The maximum Gasteiger partial charge on any atom is 0.293 e. The zero-order valence-electron chi connectivity index (χ0n) is 17.9. The molecule has 0 saturated carbocycles. The average molecular weight is 467 g/mol. The minimum absolute atomic E-state index is 0.0282. The molecule has 1 unspecified atom stereocenters. The van der Waals surface area contributed by atoms with E-state index in [4.69, 9.17) is 9.15 Å². The Morgan fingerprint density at radius 1 is 1.24 bits per heavy atom. The number of hydrogen-bond donors (Lipinski definition) is 1. The fourth-order valence-corrected chi connectivity index (χ4v) is 5.17. The van der Waals surface area contributed by atoms with E-state index in [0.29, 0.717) is 36.9 Å². The summed E-state index contributed by atoms with van der Waals surface area (Å²) in [4.78, 5) is 46.9. The summed E-state index contributed by atoms with van der Waals surface area (Å²) in [5.74, 6) is 0.101. The Hall–Kier alpha value is -3.66. The van der Waals surface area contributed by atoms with Gasteiger partial charge in [-0.1, -0.05) is 11.3 Å². The summed E-state index contributed by atoms with van der Waals surface area (Å²) in [7, 11) is 1.59. The van der Waals surface area contributed by atoms with Crippen molar-refractivity contribution in [3.05, 3.63) is 59.0 Å². The van der Waals surface area contributed by atoms with E-state index in [-0.39, 0.29) is 35.8 Å². The SMILES string of the molecule is COc1ccc(N2CC(C(=O)N3CCc4nc(NC(=O)c5ccco5)sc4C3)CC2=O)cc1. The maximum absolute atomic E-state index is 13.2. The number of thiazole rings is 1. The molecule has 0 aliphatic carbocycles. The summed E-state index contributed by atoms with van der Waals surface area (Å²) in [5.41, 5.74) is 1.65. The topological polar surface area (TPSA) is 105 Å². The van der Waals surface area contributed by atoms with E-state index in [2.05, 4.69) is 10.3 Å². The third-order valence-electron chi connectivity index (χ3n) is 5.87. The van der Waals surface area contributed by atoms with Gasteiger partial charge in [-0.3, -0.25) is 19.7 Å². The largest absolute Gasteiger partial charge is 0.497 e. The molecule has 4 heterocycles. The molecule has 33 heavy (non-hydrogen) atoms. The molecule has 170 valence electrons. The number of anilines is 2. The molecule has 3 amide bonds. The molecule has 1 N–H and O–H groups in total. The number of rotatable bonds is 5. The number of nitrogens with one attached hydrogen (secondary N) is 1. The van der Waals surface area contributed by atoms with Crippen molar-refractivity contribution < 1.29 is 23.5 Å². The summed E-state index contributed by atoms with van der Waals surface area (Å²) in [6.07, 6.45) is 2.24. The van der Waals surface area contributed by atoms with Crippen molar-refractivity contribution in [3.63, 3.8) is 0 Å². The van der Waals surface area contributed by atoms with E-state index in [9.17, 15) is 14.4 Å². The van der Waals surface area contributed by atoms with Crippen LogP contribution in [0.3, 0.4) is 0 Å². The third-order valence-corrected chi connectivity index (χ3v) is 6.86. The fraction of sp³-hybridized carbons (Fsp3) is 0.304. The molecule has 1 fully saturated rings. The highest BCUT2D eigenvalue weighted by Crippen LogP contribution is 2.32. The van der Waals surface area contributed by atoms with E-state index in [0.717, 1.165) is 16.3 Å². The number of hydrogen-bond acceptors (Lipinski definition) is 7. The number of furan rings is 1. The van der Waals surface area contributed by atoms with Crippen molar-refractivity contribution in [2.24, 2.45) is 5.92 Å². The maximum atomic E-state index is 13.2. The Morgan fingerprint density at radius 2 is 2.06 bits per heavy atom. The highest BCUT2D eigenvalue weighted by atomic mass is 32.1. The van der Waals surface area contributed by atoms with Crippen LogP contribution in [0.25, 0.3) is 0 Å². The molecule has 0 radical (unpaired) electrons. The van der Waals surface area contributed by atoms with Gasteiger partial charge < -0.3 is 19.0 Å². The molecule has 2 aliphatic heterocycles. The van der Waals surface area contributed by atoms with Crippen molar-refractivity contribution in [1.29, 1.82) is 0 Å². The lowest BCUT2D eigenvalue weighted by Crippen LogP contribution is -2.40. The lowest BCUT2D eigenvalue weighted by Gasteiger charge is -2.28. The zero-order valence-corrected chi connectivity index (χ0v) is 18.8. The van der Waals surface area contributed by atoms with E-state index in [1.54, 1.807) is 41.2 Å². The second-order valence-corrected chi connectivity index (χ2v) is 9.02. The van der Waals surface area contributed by atoms with Crippen LogP contribution >= 0.6 is 11.3 Å². The number of ether oxygens (including phenoxy) is 1. The molecule has 3 aromatic rings. The smallest absolute Gasteiger partial charge is 0.293 e. The second kappa shape index (κ2) is 8.70. The highest BCUT2D eigenvalue weighted by Gasteiger charge is 2.38. The Labute approximate surface area is 194 Å². The quantitative estimate of drug-likeness (QED) is 0.620. The third kappa shape index (κ3) is 4.21. The molecule has 9 nitrogen and oxygen atoms in total. The normalized spacial score (nSPS) is 17.7. The summed E-state index contributed by atoms with van der Waals surface area (Å²) < 4.78 is 10.3. The fourth-order valence-electron chi connectivity index (χ4n) is 4.15. The molecule has 10 heteroatoms. The van der Waals surface area contributed by atoms with Gasteiger partial charge in [-0.15, -0.1) is 0 Å². The first-order valence-electron chi connectivity index (χ1n) is 10.6. The molecule has 2 aliphatic rings. The number of amides is 3. The van der Waals surface area contributed by atoms with Gasteiger partial charge in [-0.25, -0.2) is 4.98 Å². The van der Waals surface area contributed by atoms with Crippen LogP contribution in [0.15, 0.2) is 47.1 Å². The van der Waals surface area contributed by atoms with E-state index >= 15 is 0 Å². The number of carbonyl (C=O) groups excluding carboxylic acids is 3. The summed E-state index contributed by atoms with van der Waals surface area (Å²) >= 11 is 1.36. The van der Waals surface area contributed by atoms with Crippen molar-refractivity contribution in [1.82, 2.24) is 9.88 Å². The lowest BCUT2D eigenvalue weighted by atomic mass is 10.1. The number of nitrogens with zero attached hydrogens (tertiary/aromatic N) is 3. The van der Waals surface area contributed by atoms with Crippen molar-refractivity contribution in [2.75, 3.05) is 30.4 Å². The van der Waals surface area contributed by atoms with Crippen LogP contribution in [-0.2, 0) is 22.6 Å². The van der Waals surface area contributed by atoms with E-state index in [1.807, 2.05) is 12.1 Å². The van der Waals surface area contributed by atoms with Gasteiger partial charge in [0, 0.05) is 36.5 Å². The predicted octanol–water partition coefficient (Wildman–Crippen LogP) is 2.93. The van der Waals surface area contributed by atoms with Gasteiger partial charge in [0.2, 0.25) is 11.8 Å². The molecule has 0 bridgehead atoms. The van der Waals surface area contributed by atoms with Crippen LogP contribution in [-0.4, -0.2) is 47.8 Å². The molecule has 1 saturated heterocycles. The Balaban J connectivity index is 1.23. The Bertz CT molecular complexity index is 1190. The zero-order chi connectivity index (χ0) is 22.9. The molecule has 1 aromatic carbocycles. The average Bonchev–Trinajstić information content (AvgIpc) is 3.57. The van der Waals surface area contributed by atoms with Crippen LogP contribution < -0.4 is 15.0 Å². The molecule has 0 spiro atoms. The van der Waals surface area contributed by atoms with Crippen LogP contribution in [0.2, 0.25) is 0 Å². The van der Waals surface area contributed by atoms with Crippen LogP contribution in [0.1, 0.15) is 27.5 Å². The summed E-state index contributed by atoms with van der Waals surface area (Å²) in [6, 6.07) is 10.5. The van der Waals surface area contributed by atoms with Gasteiger partial charge in [0.15, 0.2) is 10.9 Å². The number of aromatic nitrogens is 1. The number of methoxy groups -OCH3 is 1. The lowest BCUT2D eigenvalue weighted by molar-refractivity contribution is -0.136. The summed E-state index contributed by atoms with van der Waals surface area (Å²) in [5, 5.41) is 3.23. The van der Waals surface area contributed by atoms with Gasteiger partial charge in [0.05, 0.1) is 31.5 Å². The minimum Gasteiger partial charge on any atom is -0.497 e. The second-order valence-electron chi connectivity index (χ2n) is 7.93. The van der Waals surface area contributed by atoms with Gasteiger partial charge in [-0.05, 0) is 36.4 Å². The minimum atomic E-state index is -0.382. The van der Waals surface area contributed by atoms with Crippen molar-refractivity contribution in [2.45, 2.75) is 19.4 Å². The first kappa shape index (κ1) is 21.2. The van der Waals surface area contributed by atoms with Crippen molar-refractivity contribution in [3.8, 4) is 5.75 Å². The molecular formula is C23H22N4O5S. The standard InChI is InChI=1S/C23H22N4O5S/c1-31-16-6-4-15(5-7-16)27-12-14(11-20(27)28)22(30)26-9-8-17-19(13-26)33-23(24-17)25-21(29)18-3-2-10-32-18/h2-7,10,14H,8-9,11-13H2,1H3,(H,24,25,29). The van der Waals surface area contributed by atoms with Crippen LogP contribution in [0.5, 0.6) is 5.75 Å². The van der Waals surface area contributed by atoms with E-state index in [1.165, 1.54) is 17.6 Å². The molecule has 5 rings (SSSR count). The van der Waals surface area contributed by atoms with Gasteiger partial charge in [-0.2, -0.15) is 0 Å². The van der Waals surface area contributed by atoms with Gasteiger partial charge >= 0.3 is 0 Å².